The van der Waals surface area contributed by atoms with Crippen LogP contribution < -0.4 is 16.6 Å². The van der Waals surface area contributed by atoms with E-state index < -0.39 is 23.1 Å². The molecule has 0 spiro atoms. The van der Waals surface area contributed by atoms with Gasteiger partial charge < -0.3 is 5.32 Å². The smallest absolute Gasteiger partial charge is 0.307 e. The molecule has 1 N–H and O–H groups in total. The molecule has 148 valence electrons. The Labute approximate surface area is 174 Å². The maximum atomic E-state index is 13.7. The second-order valence-corrected chi connectivity index (χ2v) is 7.39. The zero-order valence-corrected chi connectivity index (χ0v) is 16.4. The molecule has 0 atom stereocenters. The van der Waals surface area contributed by atoms with Crippen molar-refractivity contribution in [2.75, 3.05) is 5.32 Å². The fourth-order valence-corrected chi connectivity index (χ4v) is 3.75. The molecule has 9 heteroatoms. The van der Waals surface area contributed by atoms with Gasteiger partial charge in [-0.3, -0.25) is 4.79 Å². The molecule has 29 heavy (non-hydrogen) atoms. The SMILES string of the molecule is O=C(Nc1ccc(Cl)c(Cl)c1)n1c2c(c(=O)n(-c3cccc(F)c3)c1=O)CCC2. The van der Waals surface area contributed by atoms with Gasteiger partial charge in [0.15, 0.2) is 0 Å². The van der Waals surface area contributed by atoms with E-state index in [4.69, 9.17) is 23.2 Å². The van der Waals surface area contributed by atoms with Gasteiger partial charge in [0.05, 0.1) is 15.7 Å². The van der Waals surface area contributed by atoms with Crippen LogP contribution in [0.25, 0.3) is 5.69 Å². The first-order valence-electron chi connectivity index (χ1n) is 8.79. The van der Waals surface area contributed by atoms with Crippen molar-refractivity contribution in [3.8, 4) is 5.69 Å². The van der Waals surface area contributed by atoms with E-state index in [2.05, 4.69) is 5.32 Å². The fourth-order valence-electron chi connectivity index (χ4n) is 3.45. The van der Waals surface area contributed by atoms with Gasteiger partial charge in [-0.05, 0) is 55.7 Å². The predicted octanol–water partition coefficient (Wildman–Crippen LogP) is 4.01. The highest BCUT2D eigenvalue weighted by Gasteiger charge is 2.27. The summed E-state index contributed by atoms with van der Waals surface area (Å²) in [4.78, 5) is 38.9. The van der Waals surface area contributed by atoms with Gasteiger partial charge in [-0.1, -0.05) is 29.3 Å². The summed E-state index contributed by atoms with van der Waals surface area (Å²) in [6, 6.07) is 8.88. The Kier molecular flexibility index (Phi) is 5.02. The summed E-state index contributed by atoms with van der Waals surface area (Å²) >= 11 is 11.9. The number of rotatable bonds is 2. The van der Waals surface area contributed by atoms with E-state index in [1.54, 1.807) is 6.07 Å². The number of carbonyl (C=O) groups is 1. The van der Waals surface area contributed by atoms with E-state index in [1.165, 1.54) is 30.3 Å². The summed E-state index contributed by atoms with van der Waals surface area (Å²) in [5, 5.41) is 3.16. The van der Waals surface area contributed by atoms with Crippen molar-refractivity contribution in [3.63, 3.8) is 0 Å². The molecular formula is C20H14Cl2FN3O3. The van der Waals surface area contributed by atoms with Gasteiger partial charge in [0, 0.05) is 16.9 Å². The highest BCUT2D eigenvalue weighted by atomic mass is 35.5. The molecule has 0 bridgehead atoms. The third kappa shape index (κ3) is 3.47. The molecule has 3 aromatic rings. The molecule has 2 aromatic carbocycles. The Bertz CT molecular complexity index is 1270. The topological polar surface area (TPSA) is 73.1 Å². The maximum absolute atomic E-state index is 13.7. The van der Waals surface area contributed by atoms with Crippen LogP contribution in [0.3, 0.4) is 0 Å². The Morgan fingerprint density at radius 1 is 1.03 bits per heavy atom. The minimum Gasteiger partial charge on any atom is -0.307 e. The van der Waals surface area contributed by atoms with Crippen molar-refractivity contribution in [2.24, 2.45) is 0 Å². The van der Waals surface area contributed by atoms with Crippen LogP contribution in [-0.2, 0) is 12.8 Å². The first kappa shape index (κ1) is 19.4. The molecule has 1 aliphatic rings. The lowest BCUT2D eigenvalue weighted by atomic mass is 10.2. The van der Waals surface area contributed by atoms with Gasteiger partial charge in [-0.15, -0.1) is 0 Å². The van der Waals surface area contributed by atoms with Crippen LogP contribution in [0.1, 0.15) is 17.7 Å². The van der Waals surface area contributed by atoms with Crippen molar-refractivity contribution >= 4 is 34.9 Å². The summed E-state index contributed by atoms with van der Waals surface area (Å²) < 4.78 is 15.4. The number of benzene rings is 2. The average Bonchev–Trinajstić information content (AvgIpc) is 3.14. The van der Waals surface area contributed by atoms with Crippen LogP contribution in [0.4, 0.5) is 14.9 Å². The van der Waals surface area contributed by atoms with Gasteiger partial charge in [-0.25, -0.2) is 23.1 Å². The van der Waals surface area contributed by atoms with Gasteiger partial charge in [-0.2, -0.15) is 0 Å². The lowest BCUT2D eigenvalue weighted by Crippen LogP contribution is -2.45. The second kappa shape index (κ2) is 7.50. The lowest BCUT2D eigenvalue weighted by molar-refractivity contribution is 0.251. The summed E-state index contributed by atoms with van der Waals surface area (Å²) in [6.07, 6.45) is 1.49. The Morgan fingerprint density at radius 3 is 2.55 bits per heavy atom. The minimum absolute atomic E-state index is 0.0609. The fraction of sp³-hybridized carbons (Fsp3) is 0.150. The van der Waals surface area contributed by atoms with E-state index in [9.17, 15) is 18.8 Å². The molecule has 1 aliphatic carbocycles. The summed E-state index contributed by atoms with van der Waals surface area (Å²) in [5.74, 6) is -0.596. The molecular weight excluding hydrogens is 420 g/mol. The van der Waals surface area contributed by atoms with Crippen molar-refractivity contribution in [3.05, 3.63) is 90.4 Å². The molecule has 0 saturated heterocycles. The quantitative estimate of drug-likeness (QED) is 0.663. The number of amides is 1. The number of nitrogens with zero attached hydrogens (tertiary/aromatic N) is 2. The van der Waals surface area contributed by atoms with Gasteiger partial charge in [0.1, 0.15) is 5.82 Å². The monoisotopic (exact) mass is 433 g/mol. The first-order chi connectivity index (χ1) is 13.9. The van der Waals surface area contributed by atoms with Crippen LogP contribution in [0.2, 0.25) is 10.0 Å². The number of anilines is 1. The highest BCUT2D eigenvalue weighted by Crippen LogP contribution is 2.25. The van der Waals surface area contributed by atoms with E-state index in [0.717, 1.165) is 15.2 Å². The van der Waals surface area contributed by atoms with Crippen LogP contribution in [0.5, 0.6) is 0 Å². The molecule has 0 saturated carbocycles. The molecule has 0 radical (unpaired) electrons. The normalized spacial score (nSPS) is 12.7. The zero-order valence-electron chi connectivity index (χ0n) is 14.9. The number of halogens is 3. The Morgan fingerprint density at radius 2 is 1.83 bits per heavy atom. The van der Waals surface area contributed by atoms with Crippen molar-refractivity contribution < 1.29 is 9.18 Å². The Balaban J connectivity index is 1.87. The van der Waals surface area contributed by atoms with E-state index in [1.807, 2.05) is 0 Å². The third-order valence-electron chi connectivity index (χ3n) is 4.74. The highest BCUT2D eigenvalue weighted by molar-refractivity contribution is 6.42. The van der Waals surface area contributed by atoms with E-state index in [0.29, 0.717) is 41.2 Å². The number of nitrogens with one attached hydrogen (secondary N) is 1. The van der Waals surface area contributed by atoms with Crippen molar-refractivity contribution in [1.82, 2.24) is 9.13 Å². The van der Waals surface area contributed by atoms with Crippen LogP contribution in [0.15, 0.2) is 52.1 Å². The van der Waals surface area contributed by atoms with Crippen molar-refractivity contribution in [1.29, 1.82) is 0 Å². The summed E-state index contributed by atoms with van der Waals surface area (Å²) in [7, 11) is 0. The number of carbonyl (C=O) groups excluding carboxylic acids is 1. The summed E-state index contributed by atoms with van der Waals surface area (Å²) in [5.41, 5.74) is -0.258. The van der Waals surface area contributed by atoms with Crippen LogP contribution in [-0.4, -0.2) is 15.2 Å². The molecule has 1 amide bonds. The van der Waals surface area contributed by atoms with Gasteiger partial charge >= 0.3 is 11.7 Å². The third-order valence-corrected chi connectivity index (χ3v) is 5.48. The molecule has 1 aromatic heterocycles. The van der Waals surface area contributed by atoms with Crippen LogP contribution >= 0.6 is 23.2 Å². The number of aromatic nitrogens is 2. The van der Waals surface area contributed by atoms with Gasteiger partial charge in [0.2, 0.25) is 0 Å². The van der Waals surface area contributed by atoms with Gasteiger partial charge in [0.25, 0.3) is 5.56 Å². The number of fused-ring (bicyclic) bond motifs is 1. The van der Waals surface area contributed by atoms with Crippen molar-refractivity contribution in [2.45, 2.75) is 19.3 Å². The van der Waals surface area contributed by atoms with E-state index >= 15 is 0 Å². The molecule has 0 unspecified atom stereocenters. The largest absolute Gasteiger partial charge is 0.344 e. The predicted molar refractivity (Wildman–Crippen MR) is 109 cm³/mol. The number of hydrogen-bond donors (Lipinski definition) is 1. The summed E-state index contributed by atoms with van der Waals surface area (Å²) in [6.45, 7) is 0. The molecule has 0 fully saturated rings. The molecule has 1 heterocycles. The Hall–Kier alpha value is -2.90. The standard InChI is InChI=1S/C20H14Cl2FN3O3/c21-15-8-7-12(10-16(15)22)24-19(28)26-17-6-2-5-14(17)18(27)25(20(26)29)13-4-1-3-11(23)9-13/h1,3-4,7-10H,2,5-6H2,(H,24,28). The molecule has 6 nitrogen and oxygen atoms in total. The molecule has 0 aliphatic heterocycles. The minimum atomic E-state index is -0.862. The van der Waals surface area contributed by atoms with Crippen LogP contribution in [0, 0.1) is 5.82 Å². The first-order valence-corrected chi connectivity index (χ1v) is 9.54. The average molecular weight is 434 g/mol. The zero-order chi connectivity index (χ0) is 20.7. The number of hydrogen-bond acceptors (Lipinski definition) is 3. The second-order valence-electron chi connectivity index (χ2n) is 6.58. The molecule has 4 rings (SSSR count). The maximum Gasteiger partial charge on any atom is 0.344 e. The van der Waals surface area contributed by atoms with E-state index in [-0.39, 0.29) is 10.7 Å². The lowest BCUT2D eigenvalue weighted by Gasteiger charge is -2.15.